The molecule has 39 heavy (non-hydrogen) atoms. The van der Waals surface area contributed by atoms with Gasteiger partial charge in [-0.05, 0) is 50.6 Å². The van der Waals surface area contributed by atoms with Gasteiger partial charge in [0.1, 0.15) is 29.2 Å². The molecule has 3 rings (SSSR count). The van der Waals surface area contributed by atoms with Gasteiger partial charge in [-0.3, -0.25) is 4.79 Å². The highest BCUT2D eigenvalue weighted by Gasteiger charge is 2.41. The number of carbonyl (C=O) groups excluding carboxylic acids is 1. The summed E-state index contributed by atoms with van der Waals surface area (Å²) in [4.78, 5) is 13.1. The molecule has 0 saturated heterocycles. The van der Waals surface area contributed by atoms with Crippen LogP contribution in [0, 0.1) is 11.2 Å². The lowest BCUT2D eigenvalue weighted by molar-refractivity contribution is -0.152. The number of benzene rings is 2. The van der Waals surface area contributed by atoms with Crippen molar-refractivity contribution in [2.24, 2.45) is 5.41 Å². The van der Waals surface area contributed by atoms with Crippen LogP contribution in [0.2, 0.25) is 0 Å². The van der Waals surface area contributed by atoms with Crippen LogP contribution in [-0.2, 0) is 26.7 Å². The Labute approximate surface area is 223 Å². The number of rotatable bonds is 7. The topological polar surface area (TPSA) is 59.1 Å². The van der Waals surface area contributed by atoms with E-state index in [9.17, 15) is 39.7 Å². The zero-order valence-electron chi connectivity index (χ0n) is 21.5. The molecule has 2 aromatic rings. The van der Waals surface area contributed by atoms with Gasteiger partial charge in [-0.1, -0.05) is 0 Å². The molecule has 0 spiro atoms. The first-order valence-electron chi connectivity index (χ1n) is 11.7. The highest BCUT2D eigenvalue weighted by Crippen LogP contribution is 2.45. The van der Waals surface area contributed by atoms with E-state index in [-0.39, 0.29) is 22.8 Å². The van der Waals surface area contributed by atoms with Crippen LogP contribution in [-0.4, -0.2) is 54.0 Å². The first-order chi connectivity index (χ1) is 17.9. The SMILES string of the molecule is COC(=O)C(C)(C)COc1cc2c(cc1C(F)(F)F)N(c1ccc(F)cc1)CC(CCC(F)(F)F)N(C)S2=O. The molecule has 1 aliphatic rings. The molecule has 0 N–H and O–H groups in total. The van der Waals surface area contributed by atoms with Crippen molar-refractivity contribution in [2.75, 3.05) is 32.2 Å². The number of hydrogen-bond donors (Lipinski definition) is 0. The standard InChI is InChI=1S/C25H27F7N2O4S/c1-23(2,22(35)37-4)14-38-20-12-21-19(11-18(20)25(30,31)32)34(16-7-5-15(26)6-8-16)13-17(33(3)39(21)36)9-10-24(27,28)29/h5-8,11-12,17H,9-10,13-14H2,1-4H3. The van der Waals surface area contributed by atoms with Gasteiger partial charge in [0.05, 0.1) is 28.7 Å². The quantitative estimate of drug-likeness (QED) is 0.285. The number of fused-ring (bicyclic) bond motifs is 1. The molecule has 0 aromatic heterocycles. The third-order valence-corrected chi connectivity index (χ3v) is 7.76. The summed E-state index contributed by atoms with van der Waals surface area (Å²) in [6.07, 6.45) is -11.2. The molecule has 216 valence electrons. The maximum Gasteiger partial charge on any atom is 0.420 e. The molecule has 0 aliphatic carbocycles. The second-order valence-electron chi connectivity index (χ2n) is 9.67. The molecule has 0 bridgehead atoms. The van der Waals surface area contributed by atoms with Crippen molar-refractivity contribution in [2.45, 2.75) is 50.0 Å². The van der Waals surface area contributed by atoms with Crippen LogP contribution in [0.25, 0.3) is 0 Å². The Hall–Kier alpha value is -2.87. The molecule has 0 amide bonds. The van der Waals surface area contributed by atoms with Crippen molar-refractivity contribution in [3.63, 3.8) is 0 Å². The van der Waals surface area contributed by atoms with Crippen LogP contribution >= 0.6 is 0 Å². The van der Waals surface area contributed by atoms with E-state index in [0.717, 1.165) is 29.6 Å². The van der Waals surface area contributed by atoms with Gasteiger partial charge in [0.2, 0.25) is 0 Å². The Bertz CT molecular complexity index is 1220. The first-order valence-corrected chi connectivity index (χ1v) is 12.8. The van der Waals surface area contributed by atoms with Crippen molar-refractivity contribution in [1.29, 1.82) is 0 Å². The van der Waals surface area contributed by atoms with Crippen LogP contribution in [0.3, 0.4) is 0 Å². The van der Waals surface area contributed by atoms with Crippen molar-refractivity contribution in [3.05, 3.63) is 47.8 Å². The van der Waals surface area contributed by atoms with Gasteiger partial charge in [0, 0.05) is 37.8 Å². The van der Waals surface area contributed by atoms with Crippen molar-refractivity contribution in [1.82, 2.24) is 4.31 Å². The number of hydrogen-bond acceptors (Lipinski definition) is 5. The second-order valence-corrected chi connectivity index (χ2v) is 11.2. The second kappa shape index (κ2) is 11.3. The lowest BCUT2D eigenvalue weighted by Gasteiger charge is -2.30. The van der Waals surface area contributed by atoms with Crippen LogP contribution in [0.15, 0.2) is 41.3 Å². The van der Waals surface area contributed by atoms with Crippen molar-refractivity contribution >= 4 is 28.3 Å². The maximum atomic E-state index is 14.2. The van der Waals surface area contributed by atoms with Crippen molar-refractivity contribution < 1.29 is 49.2 Å². The van der Waals surface area contributed by atoms with E-state index < -0.39 is 77.3 Å². The molecule has 14 heteroatoms. The Morgan fingerprint density at radius 2 is 1.69 bits per heavy atom. The third kappa shape index (κ3) is 7.21. The van der Waals surface area contributed by atoms with Crippen LogP contribution in [0.4, 0.5) is 42.1 Å². The van der Waals surface area contributed by atoms with E-state index in [1.54, 1.807) is 0 Å². The van der Waals surface area contributed by atoms with Gasteiger partial charge >= 0.3 is 18.3 Å². The molecular weight excluding hydrogens is 557 g/mol. The van der Waals surface area contributed by atoms with E-state index in [2.05, 4.69) is 4.74 Å². The Morgan fingerprint density at radius 3 is 2.23 bits per heavy atom. The van der Waals surface area contributed by atoms with Gasteiger partial charge in [0.15, 0.2) is 0 Å². The molecule has 6 nitrogen and oxygen atoms in total. The average Bonchev–Trinajstić information content (AvgIpc) is 2.94. The van der Waals surface area contributed by atoms with E-state index in [1.165, 1.54) is 37.9 Å². The fraction of sp³-hybridized carbons (Fsp3) is 0.480. The Balaban J connectivity index is 2.17. The smallest absolute Gasteiger partial charge is 0.420 e. The molecule has 0 radical (unpaired) electrons. The summed E-state index contributed by atoms with van der Waals surface area (Å²) in [5, 5.41) is 0. The molecule has 1 aliphatic heterocycles. The zero-order valence-corrected chi connectivity index (χ0v) is 22.3. The number of anilines is 2. The van der Waals surface area contributed by atoms with E-state index >= 15 is 0 Å². The Kier molecular flexibility index (Phi) is 8.90. The molecule has 0 fully saturated rings. The number of alkyl halides is 6. The van der Waals surface area contributed by atoms with Gasteiger partial charge in [-0.2, -0.15) is 26.3 Å². The molecule has 2 atom stereocenters. The highest BCUT2D eigenvalue weighted by molar-refractivity contribution is 7.82. The number of ether oxygens (including phenoxy) is 2. The van der Waals surface area contributed by atoms with Gasteiger partial charge in [0.25, 0.3) is 0 Å². The van der Waals surface area contributed by atoms with E-state index in [1.807, 2.05) is 0 Å². The minimum absolute atomic E-state index is 0.157. The molecule has 2 aromatic carbocycles. The first kappa shape index (κ1) is 30.7. The van der Waals surface area contributed by atoms with Gasteiger partial charge in [-0.25, -0.2) is 12.9 Å². The van der Waals surface area contributed by atoms with Crippen molar-refractivity contribution in [3.8, 4) is 5.75 Å². The fourth-order valence-electron chi connectivity index (χ4n) is 4.02. The number of carbonyl (C=O) groups is 1. The fourth-order valence-corrected chi connectivity index (χ4v) is 5.33. The van der Waals surface area contributed by atoms with Gasteiger partial charge in [-0.15, -0.1) is 0 Å². The average molecular weight is 585 g/mol. The number of nitrogens with zero attached hydrogens (tertiary/aromatic N) is 2. The number of esters is 1. The van der Waals surface area contributed by atoms with E-state index in [0.29, 0.717) is 6.07 Å². The number of halogens is 7. The maximum absolute atomic E-state index is 14.2. The number of methoxy groups -OCH3 is 1. The molecule has 1 heterocycles. The largest absolute Gasteiger partial charge is 0.492 e. The van der Waals surface area contributed by atoms with E-state index in [4.69, 9.17) is 4.74 Å². The van der Waals surface area contributed by atoms with Crippen LogP contribution in [0.1, 0.15) is 32.3 Å². The zero-order chi connectivity index (χ0) is 29.3. The summed E-state index contributed by atoms with van der Waals surface area (Å²) in [6, 6.07) is 5.28. The molecular formula is C25H27F7N2O4S. The third-order valence-electron chi connectivity index (χ3n) is 6.24. The predicted molar refractivity (Wildman–Crippen MR) is 129 cm³/mol. The molecule has 0 saturated carbocycles. The minimum atomic E-state index is -4.95. The van der Waals surface area contributed by atoms with Crippen LogP contribution < -0.4 is 9.64 Å². The summed E-state index contributed by atoms with van der Waals surface area (Å²) in [6.45, 7) is 2.04. The summed E-state index contributed by atoms with van der Waals surface area (Å²) < 4.78 is 120. The Morgan fingerprint density at radius 1 is 1.08 bits per heavy atom. The number of likely N-dealkylation sites (N-methyl/N-ethyl adjacent to an activating group) is 1. The van der Waals surface area contributed by atoms with Crippen LogP contribution in [0.5, 0.6) is 5.75 Å². The summed E-state index contributed by atoms with van der Waals surface area (Å²) in [7, 11) is 0.226. The minimum Gasteiger partial charge on any atom is -0.492 e. The summed E-state index contributed by atoms with van der Waals surface area (Å²) in [5.74, 6) is -2.08. The molecule has 2 unspecified atom stereocenters. The highest BCUT2D eigenvalue weighted by atomic mass is 32.2. The monoisotopic (exact) mass is 584 g/mol. The van der Waals surface area contributed by atoms with Gasteiger partial charge < -0.3 is 14.4 Å². The lowest BCUT2D eigenvalue weighted by Crippen LogP contribution is -2.39. The summed E-state index contributed by atoms with van der Waals surface area (Å²) >= 11 is 0. The summed E-state index contributed by atoms with van der Waals surface area (Å²) in [5.41, 5.74) is -2.57. The lowest BCUT2D eigenvalue weighted by atomic mass is 9.95. The predicted octanol–water partition coefficient (Wildman–Crippen LogP) is 6.24. The normalized spacial score (nSPS) is 18.9.